The van der Waals surface area contributed by atoms with E-state index in [0.29, 0.717) is 11.4 Å². The molecule has 148 valence electrons. The molecule has 0 aliphatic rings. The fourth-order valence-electron chi connectivity index (χ4n) is 2.44. The van der Waals surface area contributed by atoms with Crippen LogP contribution in [0.1, 0.15) is 5.76 Å². The van der Waals surface area contributed by atoms with E-state index in [0.717, 1.165) is 4.31 Å². The van der Waals surface area contributed by atoms with Crippen molar-refractivity contribution < 1.29 is 27.1 Å². The van der Waals surface area contributed by atoms with Gasteiger partial charge in [-0.2, -0.15) is 8.99 Å². The van der Waals surface area contributed by atoms with Crippen LogP contribution in [0.25, 0.3) is 5.69 Å². The van der Waals surface area contributed by atoms with Gasteiger partial charge in [-0.15, -0.1) is 5.10 Å². The second kappa shape index (κ2) is 8.19. The van der Waals surface area contributed by atoms with Crippen LogP contribution >= 0.6 is 0 Å². The van der Waals surface area contributed by atoms with Crippen molar-refractivity contribution in [3.8, 4) is 11.4 Å². The maximum Gasteiger partial charge on any atom is 0.321 e. The number of methoxy groups -OCH3 is 2. The second-order valence-corrected chi connectivity index (χ2v) is 7.45. The molecule has 2 heterocycles. The maximum atomic E-state index is 13.1. The van der Waals surface area contributed by atoms with Gasteiger partial charge in [0, 0.05) is 6.07 Å². The molecule has 0 spiro atoms. The molecular weight excluding hydrogens is 390 g/mol. The third kappa shape index (κ3) is 4.02. The Morgan fingerprint density at radius 1 is 1.29 bits per heavy atom. The number of hydrogen-bond acceptors (Lipinski definition) is 9. The van der Waals surface area contributed by atoms with Crippen molar-refractivity contribution in [1.29, 1.82) is 0 Å². The average Bonchev–Trinajstić information content (AvgIpc) is 3.40. The Kier molecular flexibility index (Phi) is 5.70. The lowest BCUT2D eigenvalue weighted by atomic mass is 10.3. The molecule has 0 N–H and O–H groups in total. The number of benzene rings is 1. The molecule has 0 saturated heterocycles. The zero-order valence-electron chi connectivity index (χ0n) is 15.0. The lowest BCUT2D eigenvalue weighted by Gasteiger charge is -2.20. The third-order valence-electron chi connectivity index (χ3n) is 3.83. The van der Waals surface area contributed by atoms with E-state index in [4.69, 9.17) is 9.15 Å². The molecule has 1 aromatic carbocycles. The first-order chi connectivity index (χ1) is 13.5. The van der Waals surface area contributed by atoms with E-state index >= 15 is 0 Å². The number of nitrogens with zero attached hydrogens (tertiary/aromatic N) is 5. The first kappa shape index (κ1) is 19.5. The maximum absolute atomic E-state index is 13.1. The number of rotatable bonds is 8. The van der Waals surface area contributed by atoms with Crippen LogP contribution in [-0.2, 0) is 26.1 Å². The molecule has 3 rings (SSSR count). The predicted octanol–water partition coefficient (Wildman–Crippen LogP) is 0.628. The van der Waals surface area contributed by atoms with Crippen LogP contribution in [0.2, 0.25) is 0 Å². The molecule has 0 fully saturated rings. The Balaban J connectivity index is 1.99. The summed E-state index contributed by atoms with van der Waals surface area (Å²) in [6.07, 6.45) is 2.77. The molecule has 11 nitrogen and oxygen atoms in total. The van der Waals surface area contributed by atoms with E-state index in [2.05, 4.69) is 20.3 Å². The minimum absolute atomic E-state index is 0.0726. The highest BCUT2D eigenvalue weighted by Gasteiger charge is 2.29. The Labute approximate surface area is 160 Å². The molecule has 3 aromatic rings. The van der Waals surface area contributed by atoms with Crippen LogP contribution in [0.4, 0.5) is 0 Å². The van der Waals surface area contributed by atoms with Gasteiger partial charge in [0.15, 0.2) is 0 Å². The van der Waals surface area contributed by atoms with Crippen molar-refractivity contribution in [3.63, 3.8) is 0 Å². The molecule has 28 heavy (non-hydrogen) atoms. The molecule has 2 aromatic heterocycles. The number of tetrazole rings is 1. The average molecular weight is 407 g/mol. The summed E-state index contributed by atoms with van der Waals surface area (Å²) in [5, 5.41) is 10.9. The molecule has 0 unspecified atom stereocenters. The van der Waals surface area contributed by atoms with Gasteiger partial charge < -0.3 is 13.9 Å². The minimum atomic E-state index is -4.07. The number of hydrogen-bond donors (Lipinski definition) is 0. The number of carbonyl (C=O) groups excluding carboxylic acids is 1. The SMILES string of the molecule is COC(=O)CN(Cc1ccco1)S(=O)(=O)c1ccc(-n2cnnn2)c(OC)c1. The van der Waals surface area contributed by atoms with Gasteiger partial charge in [-0.1, -0.05) is 0 Å². The number of esters is 1. The molecule has 0 aliphatic carbocycles. The number of aromatic nitrogens is 4. The number of carbonyl (C=O) groups is 1. The van der Waals surface area contributed by atoms with E-state index in [1.54, 1.807) is 12.1 Å². The molecule has 0 bridgehead atoms. The Hall–Kier alpha value is -3.25. The zero-order chi connectivity index (χ0) is 20.1. The summed E-state index contributed by atoms with van der Waals surface area (Å²) in [5.41, 5.74) is 0.456. The van der Waals surface area contributed by atoms with E-state index in [-0.39, 0.29) is 17.2 Å². The Bertz CT molecular complexity index is 1030. The molecular formula is C16H17N5O6S. The molecule has 0 saturated carbocycles. The van der Waals surface area contributed by atoms with E-state index in [1.165, 1.54) is 49.7 Å². The Morgan fingerprint density at radius 3 is 2.71 bits per heavy atom. The van der Waals surface area contributed by atoms with E-state index in [1.807, 2.05) is 0 Å². The highest BCUT2D eigenvalue weighted by molar-refractivity contribution is 7.89. The molecule has 12 heteroatoms. The zero-order valence-corrected chi connectivity index (χ0v) is 15.9. The van der Waals surface area contributed by atoms with Crippen molar-refractivity contribution in [2.75, 3.05) is 20.8 Å². The third-order valence-corrected chi connectivity index (χ3v) is 5.62. The number of ether oxygens (including phenoxy) is 2. The summed E-state index contributed by atoms with van der Waals surface area (Å²) in [6.45, 7) is -0.613. The van der Waals surface area contributed by atoms with E-state index in [9.17, 15) is 13.2 Å². The fraction of sp³-hybridized carbons (Fsp3) is 0.250. The normalized spacial score (nSPS) is 11.5. The van der Waals surface area contributed by atoms with Crippen LogP contribution in [0.3, 0.4) is 0 Å². The van der Waals surface area contributed by atoms with Gasteiger partial charge in [0.2, 0.25) is 10.0 Å². The van der Waals surface area contributed by atoms with Gasteiger partial charge in [-0.05, 0) is 34.7 Å². The summed E-state index contributed by atoms with van der Waals surface area (Å²) < 4.78 is 43.7. The number of furan rings is 1. The van der Waals surface area contributed by atoms with Gasteiger partial charge in [0.05, 0.1) is 31.9 Å². The molecule has 0 aliphatic heterocycles. The summed E-state index contributed by atoms with van der Waals surface area (Å²) in [5.74, 6) is -0.0819. The summed E-state index contributed by atoms with van der Waals surface area (Å²) in [7, 11) is -1.49. The molecule has 0 amide bonds. The van der Waals surface area contributed by atoms with Crippen LogP contribution in [0.5, 0.6) is 5.75 Å². The van der Waals surface area contributed by atoms with Crippen molar-refractivity contribution in [2.45, 2.75) is 11.4 Å². The highest BCUT2D eigenvalue weighted by Crippen LogP contribution is 2.28. The quantitative estimate of drug-likeness (QED) is 0.493. The lowest BCUT2D eigenvalue weighted by molar-refractivity contribution is -0.140. The topological polar surface area (TPSA) is 130 Å². The fourth-order valence-corrected chi connectivity index (χ4v) is 3.81. The summed E-state index contributed by atoms with van der Waals surface area (Å²) >= 11 is 0. The van der Waals surface area contributed by atoms with Gasteiger partial charge in [-0.3, -0.25) is 4.79 Å². The van der Waals surface area contributed by atoms with Gasteiger partial charge in [-0.25, -0.2) is 8.42 Å². The number of sulfonamides is 1. The van der Waals surface area contributed by atoms with Crippen LogP contribution in [0.15, 0.2) is 52.2 Å². The second-order valence-electron chi connectivity index (χ2n) is 5.52. The monoisotopic (exact) mass is 407 g/mol. The van der Waals surface area contributed by atoms with Crippen LogP contribution < -0.4 is 4.74 Å². The molecule has 0 atom stereocenters. The minimum Gasteiger partial charge on any atom is -0.494 e. The predicted molar refractivity (Wildman–Crippen MR) is 94.0 cm³/mol. The van der Waals surface area contributed by atoms with Crippen molar-refractivity contribution in [3.05, 3.63) is 48.7 Å². The first-order valence-electron chi connectivity index (χ1n) is 7.96. The van der Waals surface area contributed by atoms with Gasteiger partial charge in [0.1, 0.15) is 30.1 Å². The molecule has 0 radical (unpaired) electrons. The highest BCUT2D eigenvalue weighted by atomic mass is 32.2. The Morgan fingerprint density at radius 2 is 2.11 bits per heavy atom. The largest absolute Gasteiger partial charge is 0.494 e. The first-order valence-corrected chi connectivity index (χ1v) is 9.40. The van der Waals surface area contributed by atoms with Crippen LogP contribution in [-0.4, -0.2) is 59.7 Å². The standard InChI is InChI=1S/C16H17N5O6S/c1-25-15-8-13(5-6-14(15)21-11-17-18-19-21)28(23,24)20(10-16(22)26-2)9-12-4-3-7-27-12/h3-8,11H,9-10H2,1-2H3. The summed E-state index contributed by atoms with van der Waals surface area (Å²) in [4.78, 5) is 11.7. The summed E-state index contributed by atoms with van der Waals surface area (Å²) in [6, 6.07) is 7.45. The van der Waals surface area contributed by atoms with Gasteiger partial charge >= 0.3 is 5.97 Å². The lowest BCUT2D eigenvalue weighted by Crippen LogP contribution is -2.35. The van der Waals surface area contributed by atoms with E-state index < -0.39 is 22.5 Å². The van der Waals surface area contributed by atoms with Crippen molar-refractivity contribution in [1.82, 2.24) is 24.5 Å². The van der Waals surface area contributed by atoms with Gasteiger partial charge in [0.25, 0.3) is 0 Å². The van der Waals surface area contributed by atoms with Crippen LogP contribution in [0, 0.1) is 0 Å². The smallest absolute Gasteiger partial charge is 0.321 e. The van der Waals surface area contributed by atoms with Crippen molar-refractivity contribution in [2.24, 2.45) is 0 Å². The van der Waals surface area contributed by atoms with Crippen molar-refractivity contribution >= 4 is 16.0 Å².